The van der Waals surface area contributed by atoms with Crippen LogP contribution in [0.4, 0.5) is 5.69 Å². The zero-order chi connectivity index (χ0) is 18.9. The van der Waals surface area contributed by atoms with E-state index in [0.717, 1.165) is 11.1 Å². The average molecular weight is 412 g/mol. The van der Waals surface area contributed by atoms with E-state index in [-0.39, 0.29) is 67.5 Å². The molecule has 1 heterocycles. The second-order valence-electron chi connectivity index (χ2n) is 5.63. The van der Waals surface area contributed by atoms with E-state index in [1.54, 1.807) is 12.1 Å². The van der Waals surface area contributed by atoms with Crippen LogP contribution < -0.4 is 9.46 Å². The third kappa shape index (κ3) is 4.87. The van der Waals surface area contributed by atoms with Crippen LogP contribution in [0.15, 0.2) is 53.4 Å². The van der Waals surface area contributed by atoms with Gasteiger partial charge in [-0.15, -0.1) is 0 Å². The van der Waals surface area contributed by atoms with Gasteiger partial charge in [-0.2, -0.15) is 0 Å². The van der Waals surface area contributed by atoms with Gasteiger partial charge in [-0.25, -0.2) is 13.2 Å². The van der Waals surface area contributed by atoms with E-state index in [2.05, 4.69) is 9.71 Å². The molecule has 0 atom stereocenters. The number of sulfonamides is 1. The molecule has 135 valence electrons. The summed E-state index contributed by atoms with van der Waals surface area (Å²) in [6, 6.07) is 11.9. The van der Waals surface area contributed by atoms with Gasteiger partial charge in [-0.05, 0) is 43.3 Å². The predicted molar refractivity (Wildman–Crippen MR) is 103 cm³/mol. The first kappa shape index (κ1) is 21.8. The summed E-state index contributed by atoms with van der Waals surface area (Å²) in [4.78, 5) is 15.3. The number of carbonyl (C=O) groups is 1. The van der Waals surface area contributed by atoms with Gasteiger partial charge in [-0.1, -0.05) is 6.07 Å². The van der Waals surface area contributed by atoms with Crippen molar-refractivity contribution >= 4 is 84.0 Å². The van der Waals surface area contributed by atoms with Gasteiger partial charge < -0.3 is 9.84 Å². The molecule has 0 spiro atoms. The van der Waals surface area contributed by atoms with Crippen LogP contribution in [-0.4, -0.2) is 83.0 Å². The van der Waals surface area contributed by atoms with Crippen molar-refractivity contribution in [2.24, 2.45) is 0 Å². The molecule has 0 aliphatic rings. The molecule has 3 aromatic rings. The van der Waals surface area contributed by atoms with Gasteiger partial charge in [0, 0.05) is 68.5 Å². The molecule has 0 fully saturated rings. The molecule has 2 N–H and O–H groups in total. The fourth-order valence-corrected chi connectivity index (χ4v) is 3.54. The number of rotatable bonds is 5. The minimum absolute atomic E-state index is 0. The summed E-state index contributed by atoms with van der Waals surface area (Å²) in [6.07, 6.45) is 0. The van der Waals surface area contributed by atoms with Crippen LogP contribution in [0.2, 0.25) is 0 Å². The van der Waals surface area contributed by atoms with E-state index in [4.69, 9.17) is 9.84 Å². The fourth-order valence-electron chi connectivity index (χ4n) is 2.48. The topological polar surface area (TPSA) is 106 Å². The van der Waals surface area contributed by atoms with Crippen molar-refractivity contribution in [2.45, 2.75) is 11.8 Å². The second kappa shape index (κ2) is 8.68. The summed E-state index contributed by atoms with van der Waals surface area (Å²) in [6.45, 7) is 1.81. The maximum Gasteiger partial charge on any atom is 0.335 e. The van der Waals surface area contributed by atoms with Gasteiger partial charge >= 0.3 is 5.97 Å². The first-order valence-electron chi connectivity index (χ1n) is 7.62. The number of pyridine rings is 1. The molecule has 1 radical (unpaired) electrons. The van der Waals surface area contributed by atoms with Crippen LogP contribution in [0.5, 0.6) is 5.75 Å². The number of nitrogens with one attached hydrogen (secondary N) is 1. The molecule has 2 aromatic carbocycles. The van der Waals surface area contributed by atoms with Crippen LogP contribution in [0.3, 0.4) is 0 Å². The van der Waals surface area contributed by atoms with Crippen molar-refractivity contribution in [3.63, 3.8) is 0 Å². The van der Waals surface area contributed by atoms with Crippen LogP contribution in [0, 0.1) is 6.92 Å². The quantitative estimate of drug-likeness (QED) is 0.626. The Morgan fingerprint density at radius 3 is 2.37 bits per heavy atom. The SMILES string of the molecule is COc1cc(NS(=O)(=O)c2ccc(C(=O)O)cc2)c2nc(C)ccc2c1.[K]. The molecule has 0 aliphatic heterocycles. The molecule has 1 aromatic heterocycles. The molecule has 27 heavy (non-hydrogen) atoms. The largest absolute Gasteiger partial charge is 0.497 e. The monoisotopic (exact) mass is 411 g/mol. The number of carboxylic acid groups (broad SMARTS) is 1. The Hall–Kier alpha value is -1.49. The zero-order valence-corrected chi connectivity index (χ0v) is 19.0. The summed E-state index contributed by atoms with van der Waals surface area (Å²) in [5.41, 5.74) is 1.53. The van der Waals surface area contributed by atoms with E-state index in [0.29, 0.717) is 11.3 Å². The molecule has 3 rings (SSSR count). The summed E-state index contributed by atoms with van der Waals surface area (Å²) < 4.78 is 33.1. The van der Waals surface area contributed by atoms with Crippen molar-refractivity contribution in [1.29, 1.82) is 0 Å². The normalized spacial score (nSPS) is 10.9. The van der Waals surface area contributed by atoms with Gasteiger partial charge in [-0.3, -0.25) is 9.71 Å². The predicted octanol–water partition coefficient (Wildman–Crippen LogP) is 2.67. The first-order valence-corrected chi connectivity index (χ1v) is 9.10. The number of aryl methyl sites for hydroxylation is 1. The standard InChI is InChI=1S/C18H16N2O5S.K/c1-11-3-4-13-9-14(25-2)10-16(17(13)19-11)20-26(23,24)15-7-5-12(6-8-15)18(21)22;/h3-10,20H,1-2H3,(H,21,22);. The number of carboxylic acids is 1. The Kier molecular flexibility index (Phi) is 7.01. The smallest absolute Gasteiger partial charge is 0.335 e. The van der Waals surface area contributed by atoms with Crippen molar-refractivity contribution in [3.05, 3.63) is 59.8 Å². The maximum atomic E-state index is 12.7. The molecular weight excluding hydrogens is 395 g/mol. The number of hydrogen-bond donors (Lipinski definition) is 2. The van der Waals surface area contributed by atoms with Crippen molar-refractivity contribution in [3.8, 4) is 5.75 Å². The maximum absolute atomic E-state index is 12.7. The molecular formula is C18H16KN2O5S. The van der Waals surface area contributed by atoms with Crippen LogP contribution in [0.25, 0.3) is 10.9 Å². The number of hydrogen-bond acceptors (Lipinski definition) is 5. The first-order chi connectivity index (χ1) is 12.3. The van der Waals surface area contributed by atoms with Crippen LogP contribution in [0.1, 0.15) is 16.1 Å². The Morgan fingerprint density at radius 2 is 1.78 bits per heavy atom. The Bertz CT molecular complexity index is 1100. The van der Waals surface area contributed by atoms with E-state index in [9.17, 15) is 13.2 Å². The van der Waals surface area contributed by atoms with E-state index < -0.39 is 16.0 Å². The molecule has 0 bridgehead atoms. The van der Waals surface area contributed by atoms with E-state index in [1.165, 1.54) is 31.4 Å². The Labute approximate surface area is 199 Å². The minimum Gasteiger partial charge on any atom is -0.497 e. The number of aromatic carboxylic acids is 1. The van der Waals surface area contributed by atoms with Gasteiger partial charge in [0.15, 0.2) is 0 Å². The van der Waals surface area contributed by atoms with E-state index in [1.807, 2.05) is 19.1 Å². The van der Waals surface area contributed by atoms with Crippen LogP contribution in [-0.2, 0) is 10.0 Å². The summed E-state index contributed by atoms with van der Waals surface area (Å²) >= 11 is 0. The minimum atomic E-state index is -3.92. The third-order valence-corrected chi connectivity index (χ3v) is 5.18. The summed E-state index contributed by atoms with van der Waals surface area (Å²) in [7, 11) is -2.43. The molecule has 0 saturated heterocycles. The van der Waals surface area contributed by atoms with Crippen molar-refractivity contribution in [1.82, 2.24) is 4.98 Å². The number of anilines is 1. The van der Waals surface area contributed by atoms with Gasteiger partial charge in [0.2, 0.25) is 0 Å². The Balaban J connectivity index is 0.00000261. The fraction of sp³-hybridized carbons (Fsp3) is 0.111. The number of benzene rings is 2. The molecule has 9 heteroatoms. The second-order valence-corrected chi connectivity index (χ2v) is 7.32. The number of ether oxygens (including phenoxy) is 1. The van der Waals surface area contributed by atoms with E-state index >= 15 is 0 Å². The Morgan fingerprint density at radius 1 is 1.11 bits per heavy atom. The van der Waals surface area contributed by atoms with Crippen molar-refractivity contribution in [2.75, 3.05) is 11.8 Å². The van der Waals surface area contributed by atoms with Crippen molar-refractivity contribution < 1.29 is 23.1 Å². The summed E-state index contributed by atoms with van der Waals surface area (Å²) in [5.74, 6) is -0.637. The van der Waals surface area contributed by atoms with Gasteiger partial charge in [0.05, 0.1) is 28.8 Å². The van der Waals surface area contributed by atoms with Gasteiger partial charge in [0.1, 0.15) is 5.75 Å². The van der Waals surface area contributed by atoms with Gasteiger partial charge in [0.25, 0.3) is 10.0 Å². The summed E-state index contributed by atoms with van der Waals surface area (Å²) in [5, 5.41) is 9.66. The number of nitrogens with zero attached hydrogens (tertiary/aromatic N) is 1. The molecule has 0 amide bonds. The number of aromatic nitrogens is 1. The molecule has 7 nitrogen and oxygen atoms in total. The number of fused-ring (bicyclic) bond motifs is 1. The molecule has 0 aliphatic carbocycles. The molecule has 0 saturated carbocycles. The average Bonchev–Trinajstić information content (AvgIpc) is 2.61. The van der Waals surface area contributed by atoms with Crippen LogP contribution >= 0.6 is 0 Å². The molecule has 0 unspecified atom stereocenters. The third-order valence-electron chi connectivity index (χ3n) is 3.80. The zero-order valence-electron chi connectivity index (χ0n) is 15.1. The number of methoxy groups -OCH3 is 1.